The first kappa shape index (κ1) is 17.4. The summed E-state index contributed by atoms with van der Waals surface area (Å²) in [6.07, 6.45) is 0.930. The van der Waals surface area contributed by atoms with Gasteiger partial charge in [0, 0.05) is 19.7 Å². The first-order valence-electron chi connectivity index (χ1n) is 7.05. The number of methoxy groups -OCH3 is 1. The highest BCUT2D eigenvalue weighted by atomic mass is 19.1. The van der Waals surface area contributed by atoms with E-state index in [0.29, 0.717) is 24.5 Å². The Balaban J connectivity index is 2.66. The van der Waals surface area contributed by atoms with Gasteiger partial charge < -0.3 is 15.8 Å². The lowest BCUT2D eigenvalue weighted by molar-refractivity contribution is -0.118. The molecule has 0 aliphatic heterocycles. The van der Waals surface area contributed by atoms with E-state index in [4.69, 9.17) is 10.5 Å². The van der Waals surface area contributed by atoms with Gasteiger partial charge in [-0.05, 0) is 31.5 Å². The van der Waals surface area contributed by atoms with Crippen molar-refractivity contribution in [3.63, 3.8) is 0 Å². The summed E-state index contributed by atoms with van der Waals surface area (Å²) in [5, 5.41) is 2.65. The van der Waals surface area contributed by atoms with Crippen molar-refractivity contribution >= 4 is 17.3 Å². The Morgan fingerprint density at radius 1 is 1.52 bits per heavy atom. The number of carbonyl (C=O) groups excluding carboxylic acids is 1. The Bertz CT molecular complexity index is 468. The fraction of sp³-hybridized carbons (Fsp3) is 0.533. The molecule has 0 fully saturated rings. The van der Waals surface area contributed by atoms with Gasteiger partial charge in [0.25, 0.3) is 0 Å². The summed E-state index contributed by atoms with van der Waals surface area (Å²) < 4.78 is 18.2. The molecule has 1 aromatic carbocycles. The molecule has 1 unspecified atom stereocenters. The Morgan fingerprint density at radius 3 is 2.86 bits per heavy atom. The van der Waals surface area contributed by atoms with E-state index in [1.54, 1.807) is 7.11 Å². The molecule has 6 heteroatoms. The van der Waals surface area contributed by atoms with Gasteiger partial charge in [0.1, 0.15) is 5.82 Å². The fourth-order valence-electron chi connectivity index (χ4n) is 1.93. The topological polar surface area (TPSA) is 67.6 Å². The van der Waals surface area contributed by atoms with Gasteiger partial charge in [0.05, 0.1) is 24.5 Å². The highest BCUT2D eigenvalue weighted by Gasteiger charge is 2.16. The molecule has 0 bridgehead atoms. The van der Waals surface area contributed by atoms with Crippen molar-refractivity contribution < 1.29 is 13.9 Å². The summed E-state index contributed by atoms with van der Waals surface area (Å²) >= 11 is 0. The molecule has 0 aliphatic carbocycles. The van der Waals surface area contributed by atoms with Gasteiger partial charge in [-0.25, -0.2) is 4.39 Å². The van der Waals surface area contributed by atoms with Crippen molar-refractivity contribution in [1.82, 2.24) is 4.90 Å². The summed E-state index contributed by atoms with van der Waals surface area (Å²) in [6.45, 7) is 5.55. The van der Waals surface area contributed by atoms with Gasteiger partial charge >= 0.3 is 0 Å². The van der Waals surface area contributed by atoms with Crippen LogP contribution in [0.4, 0.5) is 15.8 Å². The van der Waals surface area contributed by atoms with Crippen LogP contribution in [0, 0.1) is 5.82 Å². The molecule has 0 spiro atoms. The molecule has 0 aromatic heterocycles. The Labute approximate surface area is 125 Å². The number of hydrogen-bond acceptors (Lipinski definition) is 4. The summed E-state index contributed by atoms with van der Waals surface area (Å²) in [5.41, 5.74) is 6.37. The second kappa shape index (κ2) is 8.59. The van der Waals surface area contributed by atoms with Crippen LogP contribution in [0.1, 0.15) is 20.3 Å². The molecule has 5 nitrogen and oxygen atoms in total. The third-order valence-electron chi connectivity index (χ3n) is 3.43. The van der Waals surface area contributed by atoms with Gasteiger partial charge in [-0.1, -0.05) is 6.92 Å². The van der Waals surface area contributed by atoms with Crippen LogP contribution in [-0.2, 0) is 9.53 Å². The van der Waals surface area contributed by atoms with Crippen LogP contribution in [-0.4, -0.2) is 43.7 Å². The highest BCUT2D eigenvalue weighted by molar-refractivity contribution is 5.95. The van der Waals surface area contributed by atoms with Gasteiger partial charge in [0.15, 0.2) is 0 Å². The molecule has 1 amide bonds. The van der Waals surface area contributed by atoms with E-state index in [9.17, 15) is 9.18 Å². The molecule has 0 saturated carbocycles. The number of amides is 1. The number of rotatable bonds is 8. The number of nitrogens with one attached hydrogen (secondary N) is 1. The lowest BCUT2D eigenvalue weighted by Gasteiger charge is -2.27. The van der Waals surface area contributed by atoms with Crippen LogP contribution in [0.25, 0.3) is 0 Å². The monoisotopic (exact) mass is 297 g/mol. The van der Waals surface area contributed by atoms with E-state index in [2.05, 4.69) is 19.2 Å². The van der Waals surface area contributed by atoms with Crippen molar-refractivity contribution in [1.29, 1.82) is 0 Å². The lowest BCUT2D eigenvalue weighted by Crippen LogP contribution is -2.41. The van der Waals surface area contributed by atoms with E-state index < -0.39 is 5.82 Å². The number of anilines is 2. The first-order valence-corrected chi connectivity index (χ1v) is 7.05. The number of ether oxygens (including phenoxy) is 1. The molecule has 1 atom stereocenters. The maximum Gasteiger partial charge on any atom is 0.238 e. The maximum atomic E-state index is 13.2. The Morgan fingerprint density at radius 2 is 2.24 bits per heavy atom. The second-order valence-electron chi connectivity index (χ2n) is 5.00. The fourth-order valence-corrected chi connectivity index (χ4v) is 1.93. The normalized spacial score (nSPS) is 12.4. The van der Waals surface area contributed by atoms with Gasteiger partial charge in [0.2, 0.25) is 5.91 Å². The smallest absolute Gasteiger partial charge is 0.238 e. The van der Waals surface area contributed by atoms with Crippen LogP contribution < -0.4 is 11.1 Å². The van der Waals surface area contributed by atoms with Crippen molar-refractivity contribution in [3.8, 4) is 0 Å². The largest absolute Gasteiger partial charge is 0.397 e. The minimum Gasteiger partial charge on any atom is -0.397 e. The van der Waals surface area contributed by atoms with E-state index in [1.807, 2.05) is 4.90 Å². The maximum absolute atomic E-state index is 13.2. The minimum absolute atomic E-state index is 0.217. The molecule has 21 heavy (non-hydrogen) atoms. The number of carbonyl (C=O) groups is 1. The van der Waals surface area contributed by atoms with Crippen LogP contribution in [0.2, 0.25) is 0 Å². The molecule has 0 saturated heterocycles. The Hall–Kier alpha value is -1.66. The van der Waals surface area contributed by atoms with E-state index in [0.717, 1.165) is 6.42 Å². The second-order valence-corrected chi connectivity index (χ2v) is 5.00. The third kappa shape index (κ3) is 5.69. The van der Waals surface area contributed by atoms with E-state index in [-0.39, 0.29) is 18.5 Å². The van der Waals surface area contributed by atoms with Crippen LogP contribution >= 0.6 is 0 Å². The molecule has 0 radical (unpaired) electrons. The summed E-state index contributed by atoms with van der Waals surface area (Å²) in [5.74, 6) is -0.652. The summed E-state index contributed by atoms with van der Waals surface area (Å²) in [7, 11) is 1.63. The van der Waals surface area contributed by atoms with Crippen LogP contribution in [0.15, 0.2) is 18.2 Å². The third-order valence-corrected chi connectivity index (χ3v) is 3.43. The first-order chi connectivity index (χ1) is 9.97. The van der Waals surface area contributed by atoms with Crippen LogP contribution in [0.5, 0.6) is 0 Å². The predicted molar refractivity (Wildman–Crippen MR) is 82.6 cm³/mol. The number of benzene rings is 1. The van der Waals surface area contributed by atoms with Gasteiger partial charge in [-0.2, -0.15) is 0 Å². The zero-order valence-corrected chi connectivity index (χ0v) is 12.9. The summed E-state index contributed by atoms with van der Waals surface area (Å²) in [4.78, 5) is 14.1. The number of nitrogen functional groups attached to an aromatic ring is 1. The van der Waals surface area contributed by atoms with Crippen molar-refractivity contribution in [2.24, 2.45) is 0 Å². The number of nitrogens with zero attached hydrogens (tertiary/aromatic N) is 1. The quantitative estimate of drug-likeness (QED) is 0.721. The standard InChI is InChI=1S/C15H24FN3O2/c1-4-11(2)19(7-8-21-3)10-15(20)18-14-9-12(16)5-6-13(14)17/h5-6,9,11H,4,7-8,10,17H2,1-3H3,(H,18,20). The molecule has 0 heterocycles. The molecule has 3 N–H and O–H groups in total. The molecular formula is C15H24FN3O2. The number of nitrogens with two attached hydrogens (primary N) is 1. The average Bonchev–Trinajstić information content (AvgIpc) is 2.46. The Kier molecular flexibility index (Phi) is 7.11. The molecular weight excluding hydrogens is 273 g/mol. The predicted octanol–water partition coefficient (Wildman–Crippen LogP) is 2.09. The van der Waals surface area contributed by atoms with E-state index >= 15 is 0 Å². The molecule has 1 aromatic rings. The highest BCUT2D eigenvalue weighted by Crippen LogP contribution is 2.19. The zero-order valence-electron chi connectivity index (χ0n) is 12.9. The van der Waals surface area contributed by atoms with Gasteiger partial charge in [-0.3, -0.25) is 9.69 Å². The van der Waals surface area contributed by atoms with Crippen LogP contribution in [0.3, 0.4) is 0 Å². The van der Waals surface area contributed by atoms with E-state index in [1.165, 1.54) is 18.2 Å². The lowest BCUT2D eigenvalue weighted by atomic mass is 10.2. The van der Waals surface area contributed by atoms with Crippen molar-refractivity contribution in [2.45, 2.75) is 26.3 Å². The summed E-state index contributed by atoms with van der Waals surface area (Å²) in [6, 6.07) is 4.17. The zero-order chi connectivity index (χ0) is 15.8. The molecule has 118 valence electrons. The van der Waals surface area contributed by atoms with Crippen molar-refractivity contribution in [2.75, 3.05) is 37.9 Å². The van der Waals surface area contributed by atoms with Gasteiger partial charge in [-0.15, -0.1) is 0 Å². The molecule has 0 aliphatic rings. The average molecular weight is 297 g/mol. The SMILES string of the molecule is CCC(C)N(CCOC)CC(=O)Nc1cc(F)ccc1N. The number of halogens is 1. The molecule has 1 rings (SSSR count). The van der Waals surface area contributed by atoms with Crippen molar-refractivity contribution in [3.05, 3.63) is 24.0 Å². The number of hydrogen-bond donors (Lipinski definition) is 2. The minimum atomic E-state index is -0.433.